The molecule has 3 aromatic rings. The van der Waals surface area contributed by atoms with Crippen molar-refractivity contribution in [2.24, 2.45) is 0 Å². The van der Waals surface area contributed by atoms with Crippen LogP contribution in [0.2, 0.25) is 0 Å². The van der Waals surface area contributed by atoms with Crippen molar-refractivity contribution in [1.29, 1.82) is 0 Å². The third-order valence-corrected chi connectivity index (χ3v) is 6.45. The van der Waals surface area contributed by atoms with E-state index in [4.69, 9.17) is 0 Å². The fraction of sp³-hybridized carbons (Fsp3) is 0.130. The van der Waals surface area contributed by atoms with E-state index >= 15 is 0 Å². The van der Waals surface area contributed by atoms with Crippen LogP contribution in [0.15, 0.2) is 93.5 Å². The van der Waals surface area contributed by atoms with Gasteiger partial charge in [0, 0.05) is 5.56 Å². The zero-order chi connectivity index (χ0) is 21.7. The van der Waals surface area contributed by atoms with Crippen molar-refractivity contribution in [3.8, 4) is 0 Å². The number of hydrogen-bond acceptors (Lipinski definition) is 3. The molecule has 0 heterocycles. The quantitative estimate of drug-likeness (QED) is 0.286. The fourth-order valence-electron chi connectivity index (χ4n) is 2.81. The highest BCUT2D eigenvalue weighted by Crippen LogP contribution is 2.34. The van der Waals surface area contributed by atoms with Gasteiger partial charge in [-0.3, -0.25) is 4.79 Å². The standard InChI is InChI=1S/C23H18F3O3S/c1-16(27)17-11-13-19(14-12-17)30(18-7-3-2-4-8-18)21-10-6-5-9-20(21)22(28)29-15-23(24,25)26/h2-14H,15H2,1H3/q+1. The molecule has 0 aliphatic heterocycles. The maximum Gasteiger partial charge on any atom is 0.422 e. The van der Waals surface area contributed by atoms with Gasteiger partial charge >= 0.3 is 12.1 Å². The Labute approximate surface area is 174 Å². The molecular weight excluding hydrogens is 413 g/mol. The first-order valence-corrected chi connectivity index (χ1v) is 10.2. The molecule has 0 saturated carbocycles. The maximum absolute atomic E-state index is 12.5. The number of rotatable bonds is 6. The van der Waals surface area contributed by atoms with E-state index in [0.29, 0.717) is 10.5 Å². The molecule has 1 unspecified atom stereocenters. The Kier molecular flexibility index (Phi) is 6.62. The summed E-state index contributed by atoms with van der Waals surface area (Å²) in [6.45, 7) is -0.176. The van der Waals surface area contributed by atoms with Crippen LogP contribution in [0.25, 0.3) is 0 Å². The molecular formula is C23H18F3O3S+. The number of ether oxygens (including phenoxy) is 1. The average molecular weight is 431 g/mol. The first kappa shape index (κ1) is 21.6. The number of halogens is 3. The zero-order valence-corrected chi connectivity index (χ0v) is 16.8. The molecule has 0 saturated heterocycles. The molecule has 1 atom stereocenters. The van der Waals surface area contributed by atoms with Gasteiger partial charge < -0.3 is 4.74 Å². The summed E-state index contributed by atoms with van der Waals surface area (Å²) < 4.78 is 42.1. The van der Waals surface area contributed by atoms with E-state index in [1.54, 1.807) is 42.5 Å². The molecule has 0 aromatic heterocycles. The molecule has 0 N–H and O–H groups in total. The van der Waals surface area contributed by atoms with E-state index in [-0.39, 0.29) is 11.3 Å². The molecule has 3 aromatic carbocycles. The molecule has 7 heteroatoms. The largest absolute Gasteiger partial charge is 0.452 e. The maximum atomic E-state index is 12.5. The molecule has 0 bridgehead atoms. The van der Waals surface area contributed by atoms with Crippen LogP contribution in [-0.2, 0) is 15.6 Å². The molecule has 154 valence electrons. The molecule has 0 aliphatic rings. The van der Waals surface area contributed by atoms with Gasteiger partial charge in [-0.2, -0.15) is 13.2 Å². The van der Waals surface area contributed by atoms with Gasteiger partial charge in [0.15, 0.2) is 27.1 Å². The summed E-state index contributed by atoms with van der Waals surface area (Å²) in [4.78, 5) is 26.3. The minimum absolute atomic E-state index is 0.0720. The van der Waals surface area contributed by atoms with Gasteiger partial charge in [0.25, 0.3) is 0 Å². The highest BCUT2D eigenvalue weighted by atomic mass is 32.2. The number of alkyl halides is 3. The van der Waals surface area contributed by atoms with Crippen LogP contribution in [0.4, 0.5) is 13.2 Å². The van der Waals surface area contributed by atoms with Gasteiger partial charge in [-0.1, -0.05) is 30.3 Å². The van der Waals surface area contributed by atoms with E-state index < -0.39 is 29.6 Å². The van der Waals surface area contributed by atoms with Crippen LogP contribution >= 0.6 is 0 Å². The first-order chi connectivity index (χ1) is 14.3. The Bertz CT molecular complexity index is 1030. The van der Waals surface area contributed by atoms with Crippen molar-refractivity contribution >= 4 is 22.6 Å². The van der Waals surface area contributed by atoms with Gasteiger partial charge in [-0.25, -0.2) is 4.79 Å². The van der Waals surface area contributed by atoms with Crippen LogP contribution in [-0.4, -0.2) is 24.5 Å². The Morgan fingerprint density at radius 3 is 2.00 bits per heavy atom. The second kappa shape index (κ2) is 9.17. The lowest BCUT2D eigenvalue weighted by Gasteiger charge is -2.13. The smallest absolute Gasteiger partial charge is 0.422 e. The zero-order valence-electron chi connectivity index (χ0n) is 16.0. The van der Waals surface area contributed by atoms with Gasteiger partial charge in [-0.05, 0) is 55.5 Å². The summed E-state index contributed by atoms with van der Waals surface area (Å²) >= 11 is 0. The van der Waals surface area contributed by atoms with E-state index in [1.165, 1.54) is 13.0 Å². The Morgan fingerprint density at radius 1 is 0.833 bits per heavy atom. The van der Waals surface area contributed by atoms with E-state index in [1.807, 2.05) is 30.3 Å². The van der Waals surface area contributed by atoms with Crippen molar-refractivity contribution < 1.29 is 27.5 Å². The van der Waals surface area contributed by atoms with Crippen LogP contribution in [0, 0.1) is 0 Å². The van der Waals surface area contributed by atoms with Crippen molar-refractivity contribution in [3.05, 3.63) is 90.0 Å². The molecule has 3 rings (SSSR count). The number of esters is 1. The van der Waals surface area contributed by atoms with Crippen LogP contribution in [0.5, 0.6) is 0 Å². The monoisotopic (exact) mass is 431 g/mol. The molecule has 0 fully saturated rings. The lowest BCUT2D eigenvalue weighted by molar-refractivity contribution is -0.161. The average Bonchev–Trinajstić information content (AvgIpc) is 2.73. The number of carbonyl (C=O) groups excluding carboxylic acids is 2. The number of benzene rings is 3. The Morgan fingerprint density at radius 2 is 1.40 bits per heavy atom. The summed E-state index contributed by atoms with van der Waals surface area (Å²) in [5.41, 5.74) is 0.623. The first-order valence-electron chi connectivity index (χ1n) is 8.99. The Balaban J connectivity index is 2.07. The Hall–Kier alpha value is -3.06. The highest BCUT2D eigenvalue weighted by molar-refractivity contribution is 7.97. The lowest BCUT2D eigenvalue weighted by atomic mass is 10.2. The topological polar surface area (TPSA) is 43.4 Å². The summed E-state index contributed by atoms with van der Waals surface area (Å²) in [6.07, 6.45) is -4.60. The number of carbonyl (C=O) groups is 2. The van der Waals surface area contributed by atoms with Crippen LogP contribution < -0.4 is 0 Å². The number of ketones is 1. The van der Waals surface area contributed by atoms with Crippen LogP contribution in [0.1, 0.15) is 27.6 Å². The van der Waals surface area contributed by atoms with Crippen molar-refractivity contribution in [2.45, 2.75) is 27.8 Å². The summed E-state index contributed by atoms with van der Waals surface area (Å²) in [7, 11) is -0.786. The molecule has 0 aliphatic carbocycles. The predicted molar refractivity (Wildman–Crippen MR) is 108 cm³/mol. The summed E-state index contributed by atoms with van der Waals surface area (Å²) in [5.74, 6) is -1.10. The third-order valence-electron chi connectivity index (χ3n) is 4.17. The minimum atomic E-state index is -4.60. The molecule has 0 amide bonds. The molecule has 30 heavy (non-hydrogen) atoms. The van der Waals surface area contributed by atoms with Gasteiger partial charge in [0.2, 0.25) is 0 Å². The van der Waals surface area contributed by atoms with E-state index in [9.17, 15) is 22.8 Å². The van der Waals surface area contributed by atoms with Gasteiger partial charge in [0.1, 0.15) is 16.5 Å². The van der Waals surface area contributed by atoms with Crippen molar-refractivity contribution in [1.82, 2.24) is 0 Å². The second-order valence-corrected chi connectivity index (χ2v) is 8.38. The number of hydrogen-bond donors (Lipinski definition) is 0. The molecule has 3 nitrogen and oxygen atoms in total. The minimum Gasteiger partial charge on any atom is -0.452 e. The van der Waals surface area contributed by atoms with Crippen molar-refractivity contribution in [2.75, 3.05) is 6.61 Å². The van der Waals surface area contributed by atoms with E-state index in [2.05, 4.69) is 4.74 Å². The fourth-order valence-corrected chi connectivity index (χ4v) is 5.01. The molecule has 0 spiro atoms. The summed E-state index contributed by atoms with van der Waals surface area (Å²) in [5, 5.41) is 0. The van der Waals surface area contributed by atoms with E-state index in [0.717, 1.165) is 9.79 Å². The lowest BCUT2D eigenvalue weighted by Crippen LogP contribution is -2.21. The van der Waals surface area contributed by atoms with Gasteiger partial charge in [-0.15, -0.1) is 0 Å². The third kappa shape index (κ3) is 5.30. The second-order valence-electron chi connectivity index (χ2n) is 6.39. The SMILES string of the molecule is CC(=O)c1ccc([S+](c2ccccc2)c2ccccc2C(=O)OCC(F)(F)F)cc1. The highest BCUT2D eigenvalue weighted by Gasteiger charge is 2.35. The normalized spacial score (nSPS) is 12.3. The van der Waals surface area contributed by atoms with Gasteiger partial charge in [0.05, 0.1) is 0 Å². The predicted octanol–water partition coefficient (Wildman–Crippen LogP) is 5.70. The summed E-state index contributed by atoms with van der Waals surface area (Å²) in [6, 6.07) is 22.8. The number of Topliss-reactive ketones (excluding diaryl/α,β-unsaturated/α-hetero) is 1. The molecule has 0 radical (unpaired) electrons. The van der Waals surface area contributed by atoms with Crippen LogP contribution in [0.3, 0.4) is 0 Å². The van der Waals surface area contributed by atoms with Crippen molar-refractivity contribution in [3.63, 3.8) is 0 Å².